The Bertz CT molecular complexity index is 1510. The largest absolute Gasteiger partial charge is 0.417 e. The van der Waals surface area contributed by atoms with Crippen molar-refractivity contribution in [3.63, 3.8) is 0 Å². The van der Waals surface area contributed by atoms with Gasteiger partial charge < -0.3 is 10.2 Å². The summed E-state index contributed by atoms with van der Waals surface area (Å²) in [6, 6.07) is 5.65. The van der Waals surface area contributed by atoms with Crippen molar-refractivity contribution < 1.29 is 18.0 Å². The average molecular weight is 489 g/mol. The first kappa shape index (κ1) is 23.4. The highest BCUT2D eigenvalue weighted by Crippen LogP contribution is 2.30. The second kappa shape index (κ2) is 8.57. The number of carbonyl (C=O) groups excluding carboxylic acids is 1. The van der Waals surface area contributed by atoms with Crippen LogP contribution in [0.15, 0.2) is 41.5 Å². The minimum atomic E-state index is -4.58. The van der Waals surface area contributed by atoms with Crippen LogP contribution in [0.3, 0.4) is 0 Å². The Morgan fingerprint density at radius 3 is 2.65 bits per heavy atom. The Kier molecular flexibility index (Phi) is 5.91. The number of likely N-dealkylation sites (N-methyl/N-ethyl adjacent to an activating group) is 1. The van der Waals surface area contributed by atoms with Gasteiger partial charge in [-0.25, -0.2) is 0 Å². The van der Waals surface area contributed by atoms with Crippen LogP contribution in [0.5, 0.6) is 0 Å². The van der Waals surface area contributed by atoms with Crippen LogP contribution >= 0.6 is 12.2 Å². The Hall–Kier alpha value is -3.71. The maximum atomic E-state index is 13.1. The molecule has 0 saturated carbocycles. The summed E-state index contributed by atoms with van der Waals surface area (Å²) < 4.78 is 41.7. The first-order valence-electron chi connectivity index (χ1n) is 9.87. The number of carbonyl (C=O) groups is 1. The molecule has 0 spiro atoms. The number of para-hydroxylation sites is 1. The van der Waals surface area contributed by atoms with Gasteiger partial charge in [-0.3, -0.25) is 19.1 Å². The van der Waals surface area contributed by atoms with Crippen LogP contribution in [0.4, 0.5) is 18.9 Å². The van der Waals surface area contributed by atoms with Gasteiger partial charge in [0.1, 0.15) is 4.99 Å². The second-order valence-electron chi connectivity index (χ2n) is 7.81. The average Bonchev–Trinajstić information content (AvgIpc) is 3.21. The number of aromatic nitrogens is 5. The van der Waals surface area contributed by atoms with E-state index in [4.69, 9.17) is 12.2 Å². The fourth-order valence-corrected chi connectivity index (χ4v) is 3.80. The molecule has 0 unspecified atom stereocenters. The Morgan fingerprint density at radius 2 is 1.97 bits per heavy atom. The molecule has 0 aliphatic rings. The van der Waals surface area contributed by atoms with Gasteiger partial charge in [-0.05, 0) is 32.3 Å². The lowest BCUT2D eigenvalue weighted by molar-refractivity contribution is -0.137. The summed E-state index contributed by atoms with van der Waals surface area (Å²) in [6.45, 7) is 0.111. The van der Waals surface area contributed by atoms with Crippen LogP contribution in [-0.4, -0.2) is 60.7 Å². The molecule has 3 aromatic heterocycles. The van der Waals surface area contributed by atoms with Crippen LogP contribution in [0, 0.1) is 0 Å². The zero-order chi connectivity index (χ0) is 24.8. The van der Waals surface area contributed by atoms with Gasteiger partial charge in [0, 0.05) is 18.8 Å². The van der Waals surface area contributed by atoms with Crippen LogP contribution in [0.1, 0.15) is 21.6 Å². The van der Waals surface area contributed by atoms with E-state index < -0.39 is 17.3 Å². The number of nitrogens with one attached hydrogen (secondary N) is 1. The van der Waals surface area contributed by atoms with Crippen molar-refractivity contribution in [2.24, 2.45) is 7.05 Å². The number of aryl methyl sites for hydroxylation is 1. The minimum Gasteiger partial charge on any atom is -0.343 e. The molecule has 34 heavy (non-hydrogen) atoms. The van der Waals surface area contributed by atoms with Gasteiger partial charge in [-0.2, -0.15) is 17.7 Å². The van der Waals surface area contributed by atoms with Gasteiger partial charge in [0.05, 0.1) is 34.9 Å². The smallest absolute Gasteiger partial charge is 0.343 e. The topological polar surface area (TPSA) is 97.4 Å². The molecule has 4 aromatic rings. The quantitative estimate of drug-likeness (QED) is 0.338. The van der Waals surface area contributed by atoms with Gasteiger partial charge in [-0.15, -0.1) is 5.10 Å². The summed E-state index contributed by atoms with van der Waals surface area (Å²) in [6.07, 6.45) is -2.70. The molecular weight excluding hydrogens is 471 g/mol. The van der Waals surface area contributed by atoms with Gasteiger partial charge in [0.15, 0.2) is 17.1 Å². The number of pyridine rings is 1. The summed E-state index contributed by atoms with van der Waals surface area (Å²) in [5.74, 6) is -0.224. The molecule has 0 fully saturated rings. The van der Waals surface area contributed by atoms with E-state index >= 15 is 0 Å². The molecule has 0 aliphatic heterocycles. The lowest BCUT2D eigenvalue weighted by Crippen LogP contribution is -2.25. The SMILES string of the molecule is CN(C)CC(=O)c1cccc2c(=O)n(C)c3c(C(=S)Nc4cncc(C(F)(F)F)c4)nnn3c12. The monoisotopic (exact) mass is 489 g/mol. The molecule has 0 radical (unpaired) electrons. The molecule has 0 saturated heterocycles. The van der Waals surface area contributed by atoms with E-state index in [0.717, 1.165) is 6.07 Å². The van der Waals surface area contributed by atoms with Crippen molar-refractivity contribution >= 4 is 45.2 Å². The Morgan fingerprint density at radius 1 is 1.24 bits per heavy atom. The number of halogens is 3. The Labute approximate surface area is 195 Å². The molecular formula is C21H18F3N7O2S. The molecule has 1 aromatic carbocycles. The zero-order valence-electron chi connectivity index (χ0n) is 18.2. The molecule has 176 valence electrons. The summed E-state index contributed by atoms with van der Waals surface area (Å²) in [4.78, 5) is 31.2. The van der Waals surface area contributed by atoms with E-state index in [0.29, 0.717) is 6.20 Å². The fourth-order valence-electron chi connectivity index (χ4n) is 3.55. The summed E-state index contributed by atoms with van der Waals surface area (Å²) in [5.41, 5.74) is -0.567. The highest BCUT2D eigenvalue weighted by molar-refractivity contribution is 7.81. The van der Waals surface area contributed by atoms with Crippen LogP contribution < -0.4 is 10.9 Å². The van der Waals surface area contributed by atoms with Gasteiger partial charge >= 0.3 is 6.18 Å². The predicted octanol–water partition coefficient (Wildman–Crippen LogP) is 2.53. The second-order valence-corrected chi connectivity index (χ2v) is 8.22. The summed E-state index contributed by atoms with van der Waals surface area (Å²) >= 11 is 5.36. The van der Waals surface area contributed by atoms with E-state index in [1.165, 1.54) is 22.3 Å². The number of alkyl halides is 3. The van der Waals surface area contributed by atoms with Crippen LogP contribution in [-0.2, 0) is 13.2 Å². The van der Waals surface area contributed by atoms with E-state index in [-0.39, 0.29) is 50.8 Å². The highest BCUT2D eigenvalue weighted by Gasteiger charge is 2.31. The van der Waals surface area contributed by atoms with Crippen LogP contribution in [0.25, 0.3) is 16.6 Å². The Balaban J connectivity index is 1.86. The first-order chi connectivity index (χ1) is 16.0. The third-order valence-electron chi connectivity index (χ3n) is 5.05. The summed E-state index contributed by atoms with van der Waals surface area (Å²) in [5, 5.41) is 11.1. The van der Waals surface area contributed by atoms with Crippen molar-refractivity contribution in [3.8, 4) is 0 Å². The molecule has 0 bridgehead atoms. The number of hydrogen-bond donors (Lipinski definition) is 1. The number of ketones is 1. The van der Waals surface area contributed by atoms with Crippen molar-refractivity contribution in [1.29, 1.82) is 0 Å². The number of anilines is 1. The standard InChI is InChI=1S/C21H18F3N7O2S/c1-29(2)10-15(32)13-5-4-6-14-17(13)31-19(30(3)20(14)33)16(27-28-31)18(34)26-12-7-11(8-25-9-12)21(22,23)24/h4-9H,10H2,1-3H3,(H,26,34). The van der Waals surface area contributed by atoms with E-state index in [1.54, 1.807) is 37.2 Å². The molecule has 0 atom stereocenters. The molecule has 9 nitrogen and oxygen atoms in total. The molecule has 13 heteroatoms. The van der Waals surface area contributed by atoms with Gasteiger partial charge in [-0.1, -0.05) is 23.5 Å². The molecule has 3 heterocycles. The highest BCUT2D eigenvalue weighted by atomic mass is 32.1. The van der Waals surface area contributed by atoms with Gasteiger partial charge in [0.25, 0.3) is 5.56 Å². The van der Waals surface area contributed by atoms with Crippen molar-refractivity contribution in [2.45, 2.75) is 6.18 Å². The lowest BCUT2D eigenvalue weighted by Gasteiger charge is -2.13. The van der Waals surface area contributed by atoms with Crippen molar-refractivity contribution in [1.82, 2.24) is 29.3 Å². The lowest BCUT2D eigenvalue weighted by atomic mass is 10.1. The predicted molar refractivity (Wildman–Crippen MR) is 123 cm³/mol. The number of rotatable bonds is 5. The third kappa shape index (κ3) is 4.15. The number of nitrogens with zero attached hydrogens (tertiary/aromatic N) is 6. The molecule has 4 rings (SSSR count). The van der Waals surface area contributed by atoms with Crippen molar-refractivity contribution in [3.05, 3.63) is 63.8 Å². The number of benzene rings is 1. The van der Waals surface area contributed by atoms with Crippen molar-refractivity contribution in [2.75, 3.05) is 26.0 Å². The normalized spacial score (nSPS) is 12.0. The third-order valence-corrected chi connectivity index (χ3v) is 5.34. The summed E-state index contributed by atoms with van der Waals surface area (Å²) in [7, 11) is 4.99. The zero-order valence-corrected chi connectivity index (χ0v) is 19.0. The van der Waals surface area contributed by atoms with Gasteiger partial charge in [0.2, 0.25) is 0 Å². The number of thiocarbonyl (C=S) groups is 1. The number of fused-ring (bicyclic) bond motifs is 3. The van der Waals surface area contributed by atoms with E-state index in [2.05, 4.69) is 20.6 Å². The number of Topliss-reactive ketones (excluding diaryl/α,β-unsaturated/α-hetero) is 1. The minimum absolute atomic E-state index is 0.00591. The molecule has 1 N–H and O–H groups in total. The fraction of sp³-hybridized carbons (Fsp3) is 0.238. The van der Waals surface area contributed by atoms with E-state index in [1.807, 2.05) is 0 Å². The molecule has 0 aliphatic carbocycles. The maximum absolute atomic E-state index is 13.1. The maximum Gasteiger partial charge on any atom is 0.417 e. The number of hydrogen-bond acceptors (Lipinski definition) is 7. The first-order valence-corrected chi connectivity index (χ1v) is 10.3. The molecule has 0 amide bonds. The van der Waals surface area contributed by atoms with E-state index in [9.17, 15) is 22.8 Å². The van der Waals surface area contributed by atoms with Crippen LogP contribution in [0.2, 0.25) is 0 Å².